The van der Waals surface area contributed by atoms with Crippen LogP contribution in [-0.2, 0) is 0 Å². The Kier molecular flexibility index (Phi) is 5.59. The molecule has 0 saturated carbocycles. The van der Waals surface area contributed by atoms with Crippen molar-refractivity contribution in [2.45, 2.75) is 0 Å². The topological polar surface area (TPSA) is 25.8 Å². The maximum absolute atomic E-state index is 4.53. The van der Waals surface area contributed by atoms with Gasteiger partial charge < -0.3 is 0 Å². The van der Waals surface area contributed by atoms with Gasteiger partial charge in [0.2, 0.25) is 0 Å². The Morgan fingerprint density at radius 3 is 1.31 bits per heavy atom. The maximum atomic E-state index is 4.53. The van der Waals surface area contributed by atoms with Crippen LogP contribution in [0, 0.1) is 0 Å². The van der Waals surface area contributed by atoms with Crippen LogP contribution in [-0.4, -0.2) is 8.75 Å². The van der Waals surface area contributed by atoms with Crippen LogP contribution in [0.2, 0.25) is 0 Å². The van der Waals surface area contributed by atoms with E-state index in [1.165, 1.54) is 11.7 Å². The molecule has 0 aliphatic carbocycles. The lowest BCUT2D eigenvalue weighted by Gasteiger charge is -2.03. The average Bonchev–Trinajstić information content (AvgIpc) is 3.27. The van der Waals surface area contributed by atoms with Crippen molar-refractivity contribution in [1.29, 1.82) is 0 Å². The molecule has 4 aromatic rings. The summed E-state index contributed by atoms with van der Waals surface area (Å²) in [6.45, 7) is 7.78. The van der Waals surface area contributed by atoms with Gasteiger partial charge in [-0.1, -0.05) is 110 Å². The molecule has 0 fully saturated rings. The molecule has 3 heteroatoms. The second-order valence-electron chi connectivity index (χ2n) is 6.54. The molecule has 0 saturated heterocycles. The summed E-state index contributed by atoms with van der Waals surface area (Å²) in [5.74, 6) is 0. The first-order chi connectivity index (χ1) is 14.3. The molecule has 4 rings (SSSR count). The van der Waals surface area contributed by atoms with Crippen molar-refractivity contribution in [2.75, 3.05) is 0 Å². The van der Waals surface area contributed by atoms with Gasteiger partial charge in [0.05, 0.1) is 11.7 Å². The molecule has 2 nitrogen and oxygen atoms in total. The zero-order chi connectivity index (χ0) is 20.1. The Labute approximate surface area is 175 Å². The van der Waals surface area contributed by atoms with E-state index in [-0.39, 0.29) is 0 Å². The van der Waals surface area contributed by atoms with Crippen molar-refractivity contribution < 1.29 is 0 Å². The molecule has 0 radical (unpaired) electrons. The minimum absolute atomic E-state index is 0.918. The van der Waals surface area contributed by atoms with Crippen molar-refractivity contribution in [2.24, 2.45) is 0 Å². The van der Waals surface area contributed by atoms with Crippen LogP contribution < -0.4 is 0 Å². The fourth-order valence-corrected chi connectivity index (χ4v) is 3.82. The van der Waals surface area contributed by atoms with E-state index >= 15 is 0 Å². The molecule has 140 valence electrons. The van der Waals surface area contributed by atoms with E-state index in [0.29, 0.717) is 0 Å². The minimum Gasteiger partial charge on any atom is -0.172 e. The molecule has 1 heterocycles. The normalized spacial score (nSPS) is 11.4. The molecule has 0 atom stereocenters. The number of aromatic nitrogens is 2. The van der Waals surface area contributed by atoms with Gasteiger partial charge in [-0.05, 0) is 22.3 Å². The van der Waals surface area contributed by atoms with Crippen molar-refractivity contribution in [1.82, 2.24) is 8.75 Å². The summed E-state index contributed by atoms with van der Waals surface area (Å²) < 4.78 is 9.06. The third-order valence-corrected chi connectivity index (χ3v) is 5.32. The third kappa shape index (κ3) is 4.00. The summed E-state index contributed by atoms with van der Waals surface area (Å²) in [7, 11) is 0. The smallest absolute Gasteiger partial charge is 0.112 e. The summed E-state index contributed by atoms with van der Waals surface area (Å²) in [6.07, 6.45) is 12.1. The maximum Gasteiger partial charge on any atom is 0.112 e. The summed E-state index contributed by atoms with van der Waals surface area (Å²) in [5, 5.41) is 0. The highest BCUT2D eigenvalue weighted by molar-refractivity contribution is 7.00. The highest BCUT2D eigenvalue weighted by atomic mass is 32.1. The molecule has 29 heavy (non-hydrogen) atoms. The molecule has 0 amide bonds. The molecule has 1 aromatic heterocycles. The number of rotatable bonds is 6. The van der Waals surface area contributed by atoms with Gasteiger partial charge in [-0.25, -0.2) is 0 Å². The Morgan fingerprint density at radius 1 is 0.517 bits per heavy atom. The molecule has 0 aliphatic rings. The Morgan fingerprint density at radius 2 is 0.897 bits per heavy atom. The lowest BCUT2D eigenvalue weighted by molar-refractivity contribution is 1.58. The molecular weight excluding hydrogens is 372 g/mol. The summed E-state index contributed by atoms with van der Waals surface area (Å²) in [4.78, 5) is 0. The van der Waals surface area contributed by atoms with Crippen molar-refractivity contribution in [3.05, 3.63) is 107 Å². The molecule has 0 spiro atoms. The van der Waals surface area contributed by atoms with Crippen molar-refractivity contribution in [3.63, 3.8) is 0 Å². The fourth-order valence-electron chi connectivity index (χ4n) is 3.23. The van der Waals surface area contributed by atoms with Crippen LogP contribution in [0.5, 0.6) is 0 Å². The standard InChI is InChI=1S/C26H20N2S/c1-3-19-9-5-7-11-21(19)13-15-23-17-18-24(26-25(23)27-29-28-26)16-14-22-12-8-6-10-20(22)4-2/h3-18H,1-2H2/b15-13+,16-14+. The minimum atomic E-state index is 0.918. The second kappa shape index (κ2) is 8.63. The van der Waals surface area contributed by atoms with E-state index in [4.69, 9.17) is 0 Å². The molecule has 0 N–H and O–H groups in total. The fraction of sp³-hybridized carbons (Fsp3) is 0. The van der Waals surface area contributed by atoms with Crippen LogP contribution in [0.25, 0.3) is 47.5 Å². The van der Waals surface area contributed by atoms with Gasteiger partial charge in [-0.2, -0.15) is 8.75 Å². The number of hydrogen-bond acceptors (Lipinski definition) is 3. The van der Waals surface area contributed by atoms with Crippen molar-refractivity contribution in [3.8, 4) is 0 Å². The number of nitrogens with zero attached hydrogens (tertiary/aromatic N) is 2. The van der Waals surface area contributed by atoms with Crippen LogP contribution in [0.4, 0.5) is 0 Å². The van der Waals surface area contributed by atoms with E-state index in [9.17, 15) is 0 Å². The summed E-state index contributed by atoms with van der Waals surface area (Å²) in [5.41, 5.74) is 8.41. The first-order valence-corrected chi connectivity index (χ1v) is 10.1. The zero-order valence-electron chi connectivity index (χ0n) is 16.0. The predicted octanol–water partition coefficient (Wildman–Crippen LogP) is 7.32. The molecular formula is C26H20N2S. The van der Waals surface area contributed by atoms with E-state index in [1.807, 2.05) is 36.4 Å². The van der Waals surface area contributed by atoms with Gasteiger partial charge in [-0.15, -0.1) is 0 Å². The van der Waals surface area contributed by atoms with E-state index in [0.717, 1.165) is 44.4 Å². The van der Waals surface area contributed by atoms with E-state index in [2.05, 4.69) is 82.6 Å². The number of benzene rings is 3. The van der Waals surface area contributed by atoms with Gasteiger partial charge in [0.1, 0.15) is 11.0 Å². The van der Waals surface area contributed by atoms with Gasteiger partial charge in [0.15, 0.2) is 0 Å². The molecule has 3 aromatic carbocycles. The summed E-state index contributed by atoms with van der Waals surface area (Å²) in [6, 6.07) is 20.6. The predicted molar refractivity (Wildman–Crippen MR) is 128 cm³/mol. The average molecular weight is 393 g/mol. The molecule has 0 bridgehead atoms. The SMILES string of the molecule is C=Cc1ccccc1/C=C/c1ccc(/C=C/c2ccccc2C=C)c2nsnc12. The molecule has 0 unspecified atom stereocenters. The number of hydrogen-bond donors (Lipinski definition) is 0. The Hall–Kier alpha value is -3.56. The molecule has 0 aliphatic heterocycles. The van der Waals surface area contributed by atoms with Crippen LogP contribution in [0.1, 0.15) is 33.4 Å². The van der Waals surface area contributed by atoms with E-state index < -0.39 is 0 Å². The summed E-state index contributed by atoms with van der Waals surface area (Å²) >= 11 is 1.24. The zero-order valence-corrected chi connectivity index (χ0v) is 16.8. The first kappa shape index (κ1) is 18.8. The highest BCUT2D eigenvalue weighted by Crippen LogP contribution is 2.25. The monoisotopic (exact) mass is 392 g/mol. The van der Waals surface area contributed by atoms with Crippen LogP contribution >= 0.6 is 11.7 Å². The Bertz CT molecular complexity index is 1150. The first-order valence-electron chi connectivity index (χ1n) is 9.34. The lowest BCUT2D eigenvalue weighted by Crippen LogP contribution is -1.84. The van der Waals surface area contributed by atoms with Gasteiger partial charge in [0.25, 0.3) is 0 Å². The highest BCUT2D eigenvalue weighted by Gasteiger charge is 2.07. The van der Waals surface area contributed by atoms with E-state index in [1.54, 1.807) is 0 Å². The van der Waals surface area contributed by atoms with Gasteiger partial charge in [-0.3, -0.25) is 0 Å². The van der Waals surface area contributed by atoms with Gasteiger partial charge in [0, 0.05) is 11.1 Å². The largest absolute Gasteiger partial charge is 0.172 e. The van der Waals surface area contributed by atoms with Crippen LogP contribution in [0.3, 0.4) is 0 Å². The Balaban J connectivity index is 1.69. The lowest BCUT2D eigenvalue weighted by atomic mass is 10.0. The quantitative estimate of drug-likeness (QED) is 0.321. The number of fused-ring (bicyclic) bond motifs is 1. The van der Waals surface area contributed by atoms with Crippen molar-refractivity contribution >= 4 is 59.2 Å². The van der Waals surface area contributed by atoms with Crippen LogP contribution in [0.15, 0.2) is 73.8 Å². The van der Waals surface area contributed by atoms with Gasteiger partial charge >= 0.3 is 0 Å². The second-order valence-corrected chi connectivity index (χ2v) is 7.07. The third-order valence-electron chi connectivity index (χ3n) is 4.79.